The first-order chi connectivity index (χ1) is 11.5. The van der Waals surface area contributed by atoms with E-state index in [-0.39, 0.29) is 13.1 Å². The molecule has 0 aliphatic carbocycles. The number of hydrogen-bond acceptors (Lipinski definition) is 3. The molecule has 2 amide bonds. The SMILES string of the molecule is CN(Cc1ccccc1)C(=O)C(=O)C(=O)N(C)Cc1ccccc1. The van der Waals surface area contributed by atoms with Crippen molar-refractivity contribution in [2.24, 2.45) is 0 Å². The van der Waals surface area contributed by atoms with Crippen LogP contribution in [0.2, 0.25) is 0 Å². The van der Waals surface area contributed by atoms with E-state index in [4.69, 9.17) is 0 Å². The van der Waals surface area contributed by atoms with Gasteiger partial charge in [-0.05, 0) is 11.1 Å². The van der Waals surface area contributed by atoms with Crippen molar-refractivity contribution in [3.8, 4) is 0 Å². The summed E-state index contributed by atoms with van der Waals surface area (Å²) in [4.78, 5) is 39.0. The molecule has 2 rings (SSSR count). The molecule has 0 fully saturated rings. The third-order valence-corrected chi connectivity index (χ3v) is 3.61. The third kappa shape index (κ3) is 4.52. The minimum absolute atomic E-state index is 0.279. The average Bonchev–Trinajstić information content (AvgIpc) is 2.61. The Morgan fingerprint density at radius 1 is 0.667 bits per heavy atom. The second kappa shape index (κ2) is 8.06. The Hall–Kier alpha value is -2.95. The molecule has 0 spiro atoms. The predicted molar refractivity (Wildman–Crippen MR) is 90.8 cm³/mol. The zero-order valence-corrected chi connectivity index (χ0v) is 13.8. The highest BCUT2D eigenvalue weighted by molar-refractivity contribution is 6.62. The van der Waals surface area contributed by atoms with E-state index < -0.39 is 17.6 Å². The van der Waals surface area contributed by atoms with Gasteiger partial charge in [0.25, 0.3) is 11.8 Å². The summed E-state index contributed by atoms with van der Waals surface area (Å²) in [5, 5.41) is 0. The monoisotopic (exact) mass is 324 g/mol. The van der Waals surface area contributed by atoms with Crippen LogP contribution in [-0.2, 0) is 27.5 Å². The lowest BCUT2D eigenvalue weighted by Gasteiger charge is -2.19. The summed E-state index contributed by atoms with van der Waals surface area (Å²) in [5.41, 5.74) is 1.79. The van der Waals surface area contributed by atoms with Gasteiger partial charge in [-0.1, -0.05) is 60.7 Å². The molecule has 0 bridgehead atoms. The molecule has 124 valence electrons. The van der Waals surface area contributed by atoms with Gasteiger partial charge in [0.1, 0.15) is 0 Å². The van der Waals surface area contributed by atoms with Crippen molar-refractivity contribution in [1.29, 1.82) is 0 Å². The Balaban J connectivity index is 1.96. The summed E-state index contributed by atoms with van der Waals surface area (Å²) >= 11 is 0. The van der Waals surface area contributed by atoms with Crippen molar-refractivity contribution in [2.45, 2.75) is 13.1 Å². The number of Topliss-reactive ketones (excluding diaryl/α,β-unsaturated/α-hetero) is 1. The molecule has 0 saturated carbocycles. The Bertz CT molecular complexity index is 652. The minimum atomic E-state index is -1.02. The fourth-order valence-electron chi connectivity index (χ4n) is 2.30. The highest BCUT2D eigenvalue weighted by atomic mass is 16.2. The normalized spacial score (nSPS) is 10.1. The quantitative estimate of drug-likeness (QED) is 0.602. The third-order valence-electron chi connectivity index (χ3n) is 3.61. The molecule has 5 heteroatoms. The van der Waals surface area contributed by atoms with E-state index in [1.807, 2.05) is 60.7 Å². The van der Waals surface area contributed by atoms with Crippen LogP contribution in [-0.4, -0.2) is 41.5 Å². The molecule has 0 unspecified atom stereocenters. The summed E-state index contributed by atoms with van der Waals surface area (Å²) in [7, 11) is 3.02. The molecule has 2 aromatic carbocycles. The molecule has 24 heavy (non-hydrogen) atoms. The fraction of sp³-hybridized carbons (Fsp3) is 0.211. The number of ketones is 1. The zero-order chi connectivity index (χ0) is 17.5. The van der Waals surface area contributed by atoms with Crippen LogP contribution in [0.1, 0.15) is 11.1 Å². The standard InChI is InChI=1S/C19H20N2O3/c1-20(13-15-9-5-3-6-10-15)18(23)17(22)19(24)21(2)14-16-11-7-4-8-12-16/h3-12H,13-14H2,1-2H3. The first-order valence-corrected chi connectivity index (χ1v) is 7.61. The number of amides is 2. The van der Waals surface area contributed by atoms with E-state index >= 15 is 0 Å². The molecule has 2 aromatic rings. The topological polar surface area (TPSA) is 57.7 Å². The lowest BCUT2D eigenvalue weighted by Crippen LogP contribution is -2.43. The van der Waals surface area contributed by atoms with E-state index in [1.165, 1.54) is 23.9 Å². The van der Waals surface area contributed by atoms with Crippen LogP contribution in [0.25, 0.3) is 0 Å². The van der Waals surface area contributed by atoms with E-state index in [0.717, 1.165) is 11.1 Å². The van der Waals surface area contributed by atoms with Crippen LogP contribution < -0.4 is 0 Å². The molecule has 5 nitrogen and oxygen atoms in total. The molecular weight excluding hydrogens is 304 g/mol. The van der Waals surface area contributed by atoms with Crippen molar-refractivity contribution in [3.05, 3.63) is 71.8 Å². The Morgan fingerprint density at radius 2 is 1.00 bits per heavy atom. The summed E-state index contributed by atoms with van der Waals surface area (Å²) in [6.45, 7) is 0.558. The highest BCUT2D eigenvalue weighted by Crippen LogP contribution is 2.06. The maximum absolute atomic E-state index is 12.2. The van der Waals surface area contributed by atoms with Crippen LogP contribution in [0.15, 0.2) is 60.7 Å². The van der Waals surface area contributed by atoms with Crippen LogP contribution in [0.5, 0.6) is 0 Å². The summed E-state index contributed by atoms with van der Waals surface area (Å²) in [5.74, 6) is -2.63. The average molecular weight is 324 g/mol. The number of benzene rings is 2. The first-order valence-electron chi connectivity index (χ1n) is 7.61. The van der Waals surface area contributed by atoms with Gasteiger partial charge < -0.3 is 9.80 Å². The van der Waals surface area contributed by atoms with Gasteiger partial charge in [-0.25, -0.2) is 0 Å². The minimum Gasteiger partial charge on any atom is -0.334 e. The second-order valence-corrected chi connectivity index (χ2v) is 5.62. The smallest absolute Gasteiger partial charge is 0.307 e. The molecule has 0 aliphatic heterocycles. The van der Waals surface area contributed by atoms with E-state index in [9.17, 15) is 14.4 Å². The number of carbonyl (C=O) groups excluding carboxylic acids is 3. The molecule has 0 heterocycles. The molecule has 0 N–H and O–H groups in total. The Kier molecular flexibility index (Phi) is 5.84. The Morgan fingerprint density at radius 3 is 1.33 bits per heavy atom. The van der Waals surface area contributed by atoms with Gasteiger partial charge in [0, 0.05) is 27.2 Å². The maximum atomic E-state index is 12.2. The first kappa shape index (κ1) is 17.4. The van der Waals surface area contributed by atoms with Crippen LogP contribution in [0.3, 0.4) is 0 Å². The van der Waals surface area contributed by atoms with E-state index in [1.54, 1.807) is 0 Å². The summed E-state index contributed by atoms with van der Waals surface area (Å²) in [6.07, 6.45) is 0. The molecule has 0 aliphatic rings. The van der Waals surface area contributed by atoms with Crippen LogP contribution in [0.4, 0.5) is 0 Å². The number of likely N-dealkylation sites (N-methyl/N-ethyl adjacent to an activating group) is 2. The van der Waals surface area contributed by atoms with Crippen molar-refractivity contribution in [1.82, 2.24) is 9.80 Å². The van der Waals surface area contributed by atoms with E-state index in [0.29, 0.717) is 0 Å². The van der Waals surface area contributed by atoms with Crippen LogP contribution in [0, 0.1) is 0 Å². The highest BCUT2D eigenvalue weighted by Gasteiger charge is 2.28. The summed E-state index contributed by atoms with van der Waals surface area (Å²) in [6, 6.07) is 18.6. The number of rotatable bonds is 6. The van der Waals surface area contributed by atoms with Gasteiger partial charge in [0.05, 0.1) is 0 Å². The largest absolute Gasteiger partial charge is 0.334 e. The Labute approximate surface area is 141 Å². The van der Waals surface area contributed by atoms with Gasteiger partial charge in [-0.15, -0.1) is 0 Å². The van der Waals surface area contributed by atoms with Gasteiger partial charge in [-0.3, -0.25) is 14.4 Å². The van der Waals surface area contributed by atoms with Gasteiger partial charge in [0.2, 0.25) is 0 Å². The molecule has 0 aromatic heterocycles. The van der Waals surface area contributed by atoms with Gasteiger partial charge in [-0.2, -0.15) is 0 Å². The van der Waals surface area contributed by atoms with E-state index in [2.05, 4.69) is 0 Å². The van der Waals surface area contributed by atoms with Crippen molar-refractivity contribution in [2.75, 3.05) is 14.1 Å². The van der Waals surface area contributed by atoms with Crippen molar-refractivity contribution in [3.63, 3.8) is 0 Å². The van der Waals surface area contributed by atoms with Gasteiger partial charge >= 0.3 is 5.78 Å². The summed E-state index contributed by atoms with van der Waals surface area (Å²) < 4.78 is 0. The lowest BCUT2D eigenvalue weighted by atomic mass is 10.2. The van der Waals surface area contributed by atoms with Crippen LogP contribution >= 0.6 is 0 Å². The number of hydrogen-bond donors (Lipinski definition) is 0. The molecule has 0 saturated heterocycles. The van der Waals surface area contributed by atoms with Crippen molar-refractivity contribution < 1.29 is 14.4 Å². The lowest BCUT2D eigenvalue weighted by molar-refractivity contribution is -0.153. The molecule has 0 atom stereocenters. The maximum Gasteiger partial charge on any atom is 0.307 e. The van der Waals surface area contributed by atoms with Gasteiger partial charge in [0.15, 0.2) is 0 Å². The van der Waals surface area contributed by atoms with Crippen molar-refractivity contribution >= 4 is 17.6 Å². The second-order valence-electron chi connectivity index (χ2n) is 5.62. The fourth-order valence-corrected chi connectivity index (χ4v) is 2.30. The molecule has 0 radical (unpaired) electrons. The zero-order valence-electron chi connectivity index (χ0n) is 13.8. The number of nitrogens with zero attached hydrogens (tertiary/aromatic N) is 2. The predicted octanol–water partition coefficient (Wildman–Crippen LogP) is 1.87. The number of carbonyl (C=O) groups is 3. The molecular formula is C19H20N2O3.